The van der Waals surface area contributed by atoms with Crippen molar-refractivity contribution in [3.63, 3.8) is 0 Å². The molecule has 0 saturated carbocycles. The van der Waals surface area contributed by atoms with Crippen LogP contribution in [0, 0.1) is 5.82 Å². The van der Waals surface area contributed by atoms with Crippen molar-refractivity contribution in [3.05, 3.63) is 51.2 Å². The lowest BCUT2D eigenvalue weighted by molar-refractivity contribution is 0.0598. The Hall–Kier alpha value is -3.89. The van der Waals surface area contributed by atoms with Gasteiger partial charge in [0.1, 0.15) is 16.7 Å². The first-order valence-corrected chi connectivity index (χ1v) is 10.4. The second-order valence-electron chi connectivity index (χ2n) is 7.81. The van der Waals surface area contributed by atoms with Gasteiger partial charge in [-0.25, -0.2) is 13.9 Å². The van der Waals surface area contributed by atoms with E-state index >= 15 is 0 Å². The van der Waals surface area contributed by atoms with Crippen molar-refractivity contribution in [3.8, 4) is 5.75 Å². The molecule has 10 nitrogen and oxygen atoms in total. The number of hydrogen-bond acceptors (Lipinski definition) is 7. The number of carbonyl (C=O) groups is 2. The number of hydrogen-bond donors (Lipinski definition) is 1. The Kier molecular flexibility index (Phi) is 5.56. The van der Waals surface area contributed by atoms with Gasteiger partial charge in [0.25, 0.3) is 11.5 Å². The third-order valence-corrected chi connectivity index (χ3v) is 5.88. The molecule has 11 heteroatoms. The smallest absolute Gasteiger partial charge is 0.338 e. The van der Waals surface area contributed by atoms with E-state index in [0.717, 1.165) is 10.7 Å². The van der Waals surface area contributed by atoms with Gasteiger partial charge in [0, 0.05) is 19.1 Å². The molecule has 2 aromatic heterocycles. The van der Waals surface area contributed by atoms with Gasteiger partial charge in [0.2, 0.25) is 0 Å². The Labute approximate surface area is 188 Å². The maximum Gasteiger partial charge on any atom is 0.338 e. The standard InChI is InChI=1S/C22H24FN5O5/c1-5-26-9-11(2)28-16-15(18(32-3)17(28)21(26)30)20(29)27(25-19(16)24)10-12-6-7-13(23)8-14(12)22(31)33-4/h6-8,11H,5,9-10H2,1-4H3,(H2,24,25)/t11-/m0/s1. The van der Waals surface area contributed by atoms with Crippen LogP contribution in [0.5, 0.6) is 5.75 Å². The molecule has 0 saturated heterocycles. The van der Waals surface area contributed by atoms with E-state index in [9.17, 15) is 18.8 Å². The first-order chi connectivity index (χ1) is 15.7. The van der Waals surface area contributed by atoms with E-state index < -0.39 is 17.3 Å². The van der Waals surface area contributed by atoms with Crippen LogP contribution in [0.25, 0.3) is 10.9 Å². The average Bonchev–Trinajstić information content (AvgIpc) is 3.17. The molecule has 0 aliphatic carbocycles. The summed E-state index contributed by atoms with van der Waals surface area (Å²) in [6.45, 7) is 4.59. The van der Waals surface area contributed by atoms with Crippen molar-refractivity contribution in [2.24, 2.45) is 0 Å². The van der Waals surface area contributed by atoms with E-state index in [1.54, 1.807) is 9.47 Å². The topological polar surface area (TPSA) is 122 Å². The van der Waals surface area contributed by atoms with Crippen LogP contribution in [0.4, 0.5) is 10.2 Å². The Bertz CT molecular complexity index is 1350. The van der Waals surface area contributed by atoms with E-state index in [2.05, 4.69) is 5.10 Å². The predicted molar refractivity (Wildman–Crippen MR) is 118 cm³/mol. The van der Waals surface area contributed by atoms with Gasteiger partial charge in [0.05, 0.1) is 26.3 Å². The number of carbonyl (C=O) groups excluding carboxylic acids is 2. The quantitative estimate of drug-likeness (QED) is 0.580. The number of esters is 1. The minimum absolute atomic E-state index is 0.0282. The SMILES string of the molecule is CCN1C[C@H](C)n2c(c(OC)c3c(=O)n(Cc4ccc(F)cc4C(=O)OC)nc(N)c32)C1=O. The van der Waals surface area contributed by atoms with Crippen molar-refractivity contribution in [2.75, 3.05) is 33.0 Å². The van der Waals surface area contributed by atoms with Gasteiger partial charge in [-0.2, -0.15) is 0 Å². The second-order valence-corrected chi connectivity index (χ2v) is 7.81. The molecule has 1 aliphatic rings. The lowest BCUT2D eigenvalue weighted by atomic mass is 10.1. The maximum atomic E-state index is 13.7. The molecule has 4 rings (SSSR count). The number of nitrogens with zero attached hydrogens (tertiary/aromatic N) is 4. The first-order valence-electron chi connectivity index (χ1n) is 10.4. The Balaban J connectivity index is 1.95. The van der Waals surface area contributed by atoms with Crippen molar-refractivity contribution >= 4 is 28.6 Å². The zero-order valence-electron chi connectivity index (χ0n) is 18.7. The molecule has 174 valence electrons. The van der Waals surface area contributed by atoms with Crippen molar-refractivity contribution < 1.29 is 23.5 Å². The lowest BCUT2D eigenvalue weighted by Crippen LogP contribution is -2.42. The van der Waals surface area contributed by atoms with Crippen LogP contribution in [0.2, 0.25) is 0 Å². The number of ether oxygens (including phenoxy) is 2. The summed E-state index contributed by atoms with van der Waals surface area (Å²) in [5, 5.41) is 4.36. The van der Waals surface area contributed by atoms with Crippen LogP contribution in [-0.2, 0) is 11.3 Å². The highest BCUT2D eigenvalue weighted by molar-refractivity contribution is 6.06. The first kappa shape index (κ1) is 22.3. The van der Waals surface area contributed by atoms with Crippen LogP contribution in [0.1, 0.15) is 46.3 Å². The molecule has 33 heavy (non-hydrogen) atoms. The molecule has 3 aromatic rings. The van der Waals surface area contributed by atoms with E-state index in [4.69, 9.17) is 15.2 Å². The lowest BCUT2D eigenvalue weighted by Gasteiger charge is -2.32. The molecule has 0 fully saturated rings. The number of nitrogens with two attached hydrogens (primary N) is 1. The third kappa shape index (κ3) is 3.40. The number of methoxy groups -OCH3 is 2. The summed E-state index contributed by atoms with van der Waals surface area (Å²) < 4.78 is 26.8. The van der Waals surface area contributed by atoms with Crippen LogP contribution >= 0.6 is 0 Å². The van der Waals surface area contributed by atoms with Gasteiger partial charge in [-0.3, -0.25) is 9.59 Å². The minimum Gasteiger partial charge on any atom is -0.493 e. The number of likely N-dealkylation sites (N-methyl/N-ethyl adjacent to an activating group) is 1. The minimum atomic E-state index is -0.748. The molecule has 1 aliphatic heterocycles. The van der Waals surface area contributed by atoms with Gasteiger partial charge in [-0.15, -0.1) is 5.10 Å². The summed E-state index contributed by atoms with van der Waals surface area (Å²) >= 11 is 0. The van der Waals surface area contributed by atoms with Crippen molar-refractivity contribution in [2.45, 2.75) is 26.4 Å². The van der Waals surface area contributed by atoms with Crippen LogP contribution < -0.4 is 16.0 Å². The summed E-state index contributed by atoms with van der Waals surface area (Å²) in [4.78, 5) is 40.4. The molecule has 1 aromatic carbocycles. The van der Waals surface area contributed by atoms with Gasteiger partial charge in [0.15, 0.2) is 17.3 Å². The number of benzene rings is 1. The molecule has 0 radical (unpaired) electrons. The monoisotopic (exact) mass is 457 g/mol. The zero-order valence-corrected chi connectivity index (χ0v) is 18.7. The molecule has 0 spiro atoms. The fourth-order valence-electron chi connectivity index (χ4n) is 4.37. The number of fused-ring (bicyclic) bond motifs is 3. The Morgan fingerprint density at radius 3 is 2.67 bits per heavy atom. The van der Waals surface area contributed by atoms with Gasteiger partial charge >= 0.3 is 5.97 Å². The summed E-state index contributed by atoms with van der Waals surface area (Å²) in [6.07, 6.45) is 0. The highest BCUT2D eigenvalue weighted by Crippen LogP contribution is 2.39. The van der Waals surface area contributed by atoms with Gasteiger partial charge in [-0.1, -0.05) is 6.07 Å². The zero-order chi connectivity index (χ0) is 24.0. The van der Waals surface area contributed by atoms with Crippen LogP contribution in [-0.4, -0.2) is 58.4 Å². The summed E-state index contributed by atoms with van der Waals surface area (Å²) in [5.74, 6) is -1.48. The Morgan fingerprint density at radius 1 is 1.30 bits per heavy atom. The van der Waals surface area contributed by atoms with Crippen molar-refractivity contribution in [1.82, 2.24) is 19.2 Å². The molecule has 0 unspecified atom stereocenters. The molecular weight excluding hydrogens is 433 g/mol. The molecule has 0 bridgehead atoms. The van der Waals surface area contributed by atoms with E-state index in [1.807, 2.05) is 13.8 Å². The second kappa shape index (κ2) is 8.23. The summed E-state index contributed by atoms with van der Waals surface area (Å²) in [5.41, 5.74) is 6.57. The normalized spacial score (nSPS) is 15.6. The van der Waals surface area contributed by atoms with E-state index in [-0.39, 0.29) is 46.7 Å². The highest BCUT2D eigenvalue weighted by Gasteiger charge is 2.37. The Morgan fingerprint density at radius 2 is 2.03 bits per heavy atom. The maximum absolute atomic E-state index is 13.7. The average molecular weight is 457 g/mol. The third-order valence-electron chi connectivity index (χ3n) is 5.88. The van der Waals surface area contributed by atoms with Crippen LogP contribution in [0.15, 0.2) is 23.0 Å². The van der Waals surface area contributed by atoms with Crippen LogP contribution in [0.3, 0.4) is 0 Å². The molecule has 1 atom stereocenters. The highest BCUT2D eigenvalue weighted by atomic mass is 19.1. The molecule has 3 heterocycles. The fourth-order valence-corrected chi connectivity index (χ4v) is 4.37. The van der Waals surface area contributed by atoms with Crippen molar-refractivity contribution in [1.29, 1.82) is 0 Å². The molecular formula is C22H24FN5O5. The van der Waals surface area contributed by atoms with E-state index in [0.29, 0.717) is 24.2 Å². The number of rotatable bonds is 5. The number of nitrogen functional groups attached to an aromatic ring is 1. The van der Waals surface area contributed by atoms with Gasteiger partial charge < -0.3 is 24.7 Å². The largest absolute Gasteiger partial charge is 0.493 e. The summed E-state index contributed by atoms with van der Waals surface area (Å²) in [6, 6.07) is 3.42. The number of halogens is 1. The summed E-state index contributed by atoms with van der Waals surface area (Å²) in [7, 11) is 2.56. The number of aromatic nitrogens is 3. The van der Waals surface area contributed by atoms with E-state index in [1.165, 1.54) is 26.4 Å². The fraction of sp³-hybridized carbons (Fsp3) is 0.364. The number of anilines is 1. The predicted octanol–water partition coefficient (Wildman–Crippen LogP) is 1.80. The van der Waals surface area contributed by atoms with Gasteiger partial charge in [-0.05, 0) is 31.5 Å². The molecule has 1 amide bonds. The molecule has 2 N–H and O–H groups in total. The number of amides is 1.